The second kappa shape index (κ2) is 14.6. The summed E-state index contributed by atoms with van der Waals surface area (Å²) >= 11 is 6.46. The van der Waals surface area contributed by atoms with Gasteiger partial charge in [0.25, 0.3) is 0 Å². The number of amides is 2. The monoisotopic (exact) mass is 589 g/mol. The Bertz CT molecular complexity index is 1370. The number of nitrogens with zero attached hydrogens (tertiary/aromatic N) is 3. The van der Waals surface area contributed by atoms with Crippen LogP contribution in [0, 0.1) is 0 Å². The average Bonchev–Trinajstić information content (AvgIpc) is 3.24. The van der Waals surface area contributed by atoms with Gasteiger partial charge in [-0.15, -0.1) is 0 Å². The molecule has 2 aliphatic heterocycles. The van der Waals surface area contributed by atoms with Crippen LogP contribution in [-0.4, -0.2) is 61.0 Å². The van der Waals surface area contributed by atoms with Crippen LogP contribution in [0.3, 0.4) is 0 Å². The molecule has 0 unspecified atom stereocenters. The van der Waals surface area contributed by atoms with Crippen molar-refractivity contribution in [3.8, 4) is 11.5 Å². The fourth-order valence-corrected chi connectivity index (χ4v) is 5.74. The second-order valence-corrected chi connectivity index (χ2v) is 11.4. The lowest BCUT2D eigenvalue weighted by Gasteiger charge is -2.28. The van der Waals surface area contributed by atoms with Gasteiger partial charge >= 0.3 is 0 Å². The number of benzene rings is 3. The molecule has 0 saturated carbocycles. The van der Waals surface area contributed by atoms with E-state index < -0.39 is 0 Å². The number of ether oxygens (including phenoxy) is 2. The fraction of sp³-hybridized carbons (Fsp3) is 0.412. The summed E-state index contributed by atoms with van der Waals surface area (Å²) in [6.45, 7) is 7.13. The van der Waals surface area contributed by atoms with Crippen LogP contribution in [0.25, 0.3) is 0 Å². The molecule has 0 aromatic heterocycles. The van der Waals surface area contributed by atoms with Gasteiger partial charge in [0.1, 0.15) is 0 Å². The summed E-state index contributed by atoms with van der Waals surface area (Å²) in [5.41, 5.74) is 3.83. The number of rotatable bonds is 6. The van der Waals surface area contributed by atoms with Crippen LogP contribution in [0.2, 0.25) is 5.02 Å². The largest absolute Gasteiger partial charge is 0.490 e. The van der Waals surface area contributed by atoms with Crippen LogP contribution < -0.4 is 14.4 Å². The Morgan fingerprint density at radius 1 is 0.810 bits per heavy atom. The Kier molecular flexibility index (Phi) is 10.4. The summed E-state index contributed by atoms with van der Waals surface area (Å²) in [7, 11) is 0. The van der Waals surface area contributed by atoms with Gasteiger partial charge in [-0.1, -0.05) is 61.0 Å². The summed E-state index contributed by atoms with van der Waals surface area (Å²) in [6.07, 6.45) is 3.13. The predicted molar refractivity (Wildman–Crippen MR) is 166 cm³/mol. The number of fused-ring (bicyclic) bond motifs is 2. The highest BCUT2D eigenvalue weighted by Gasteiger charge is 2.24. The maximum absolute atomic E-state index is 13.9. The quantitative estimate of drug-likeness (QED) is 0.347. The highest BCUT2D eigenvalue weighted by Crippen LogP contribution is 2.31. The van der Waals surface area contributed by atoms with Crippen LogP contribution in [0.1, 0.15) is 49.3 Å². The van der Waals surface area contributed by atoms with Crippen molar-refractivity contribution in [3.63, 3.8) is 0 Å². The van der Waals surface area contributed by atoms with E-state index in [1.807, 2.05) is 59.2 Å². The van der Waals surface area contributed by atoms with Crippen molar-refractivity contribution in [2.24, 2.45) is 0 Å². The van der Waals surface area contributed by atoms with E-state index in [-0.39, 0.29) is 18.2 Å². The number of anilines is 1. The third-order valence-corrected chi connectivity index (χ3v) is 8.01. The van der Waals surface area contributed by atoms with Crippen LogP contribution in [-0.2, 0) is 29.1 Å². The minimum absolute atomic E-state index is 0.0238. The molecule has 42 heavy (non-hydrogen) atoms. The molecule has 0 radical (unpaired) electrons. The molecule has 3 aromatic rings. The van der Waals surface area contributed by atoms with Crippen molar-refractivity contribution in [1.29, 1.82) is 0 Å². The second-order valence-electron chi connectivity index (χ2n) is 11.0. The molecule has 0 fully saturated rings. The van der Waals surface area contributed by atoms with Gasteiger partial charge in [-0.05, 0) is 53.8 Å². The molecule has 8 heteroatoms. The van der Waals surface area contributed by atoms with E-state index in [4.69, 9.17) is 21.1 Å². The van der Waals surface area contributed by atoms with Crippen LogP contribution in [0.15, 0.2) is 66.7 Å². The van der Waals surface area contributed by atoms with Gasteiger partial charge in [-0.2, -0.15) is 0 Å². The molecule has 2 aliphatic rings. The number of hydrogen-bond acceptors (Lipinski definition) is 5. The lowest BCUT2D eigenvalue weighted by atomic mass is 10.1. The molecule has 0 saturated heterocycles. The SMILES string of the molecule is CCCC(=O)N1CCCN(Cc2ccccc2)CCN(C(=O)Cc2ccc3c(c2)OCCCO3)Cc2ccc(Cl)cc21. The Balaban J connectivity index is 1.43. The minimum Gasteiger partial charge on any atom is -0.490 e. The first-order valence-electron chi connectivity index (χ1n) is 15.0. The molecule has 5 rings (SSSR count). The molecule has 3 aromatic carbocycles. The van der Waals surface area contributed by atoms with E-state index in [9.17, 15) is 9.59 Å². The van der Waals surface area contributed by atoms with Gasteiger partial charge in [-0.3, -0.25) is 14.5 Å². The molecule has 0 spiro atoms. The Hall–Kier alpha value is -3.55. The maximum Gasteiger partial charge on any atom is 0.227 e. The summed E-state index contributed by atoms with van der Waals surface area (Å²) in [5.74, 6) is 1.52. The molecule has 7 nitrogen and oxygen atoms in total. The summed E-state index contributed by atoms with van der Waals surface area (Å²) < 4.78 is 11.7. The maximum atomic E-state index is 13.9. The molecular weight excluding hydrogens is 550 g/mol. The zero-order valence-electron chi connectivity index (χ0n) is 24.4. The van der Waals surface area contributed by atoms with Crippen molar-refractivity contribution in [3.05, 3.63) is 88.4 Å². The number of halogens is 1. The molecule has 2 heterocycles. The summed E-state index contributed by atoms with van der Waals surface area (Å²) in [4.78, 5) is 33.5. The van der Waals surface area contributed by atoms with Crippen LogP contribution in [0.4, 0.5) is 5.69 Å². The number of carbonyl (C=O) groups excluding carboxylic acids is 2. The van der Waals surface area contributed by atoms with Crippen molar-refractivity contribution < 1.29 is 19.1 Å². The first-order chi connectivity index (χ1) is 20.5. The molecule has 0 bridgehead atoms. The summed E-state index contributed by atoms with van der Waals surface area (Å²) in [5, 5.41) is 0.577. The smallest absolute Gasteiger partial charge is 0.227 e. The normalized spacial score (nSPS) is 16.2. The van der Waals surface area contributed by atoms with Gasteiger partial charge < -0.3 is 19.3 Å². The van der Waals surface area contributed by atoms with Gasteiger partial charge in [0.15, 0.2) is 11.5 Å². The topological polar surface area (TPSA) is 62.3 Å². The zero-order valence-corrected chi connectivity index (χ0v) is 25.2. The van der Waals surface area contributed by atoms with Crippen LogP contribution >= 0.6 is 11.6 Å². The minimum atomic E-state index is 0.0238. The third-order valence-electron chi connectivity index (χ3n) is 7.78. The Labute approximate surface area is 254 Å². The number of carbonyl (C=O) groups is 2. The zero-order chi connectivity index (χ0) is 29.3. The van der Waals surface area contributed by atoms with E-state index in [2.05, 4.69) is 29.2 Å². The van der Waals surface area contributed by atoms with Crippen LogP contribution in [0.5, 0.6) is 11.5 Å². The average molecular weight is 590 g/mol. The van der Waals surface area contributed by atoms with E-state index >= 15 is 0 Å². The fourth-order valence-electron chi connectivity index (χ4n) is 5.58. The highest BCUT2D eigenvalue weighted by atomic mass is 35.5. The molecule has 0 aliphatic carbocycles. The lowest BCUT2D eigenvalue weighted by molar-refractivity contribution is -0.131. The van der Waals surface area contributed by atoms with Crippen molar-refractivity contribution in [2.45, 2.75) is 52.1 Å². The molecule has 2 amide bonds. The van der Waals surface area contributed by atoms with E-state index in [1.165, 1.54) is 5.56 Å². The molecular formula is C34H40ClN3O4. The standard InChI is InChI=1S/C34H40ClN3O4/c1-2-8-33(39)38-16-6-15-36(24-26-9-4-3-5-10-26)17-18-37(25-28-12-13-29(35)23-30(28)38)34(40)22-27-11-14-31-32(21-27)42-20-7-19-41-31/h3-5,9-14,21,23H,2,6-8,15-20,22,24-25H2,1H3. The van der Waals surface area contributed by atoms with E-state index in [0.29, 0.717) is 50.0 Å². The Morgan fingerprint density at radius 3 is 2.43 bits per heavy atom. The van der Waals surface area contributed by atoms with E-state index in [0.717, 1.165) is 61.5 Å². The van der Waals surface area contributed by atoms with Gasteiger partial charge in [0, 0.05) is 57.1 Å². The molecule has 222 valence electrons. The van der Waals surface area contributed by atoms with Gasteiger partial charge in [0.2, 0.25) is 11.8 Å². The van der Waals surface area contributed by atoms with E-state index in [1.54, 1.807) is 0 Å². The molecule has 0 atom stereocenters. The van der Waals surface area contributed by atoms with Gasteiger partial charge in [0.05, 0.1) is 25.3 Å². The number of hydrogen-bond donors (Lipinski definition) is 0. The van der Waals surface area contributed by atoms with Crippen molar-refractivity contribution in [2.75, 3.05) is 44.3 Å². The summed E-state index contributed by atoms with van der Waals surface area (Å²) in [6, 6.07) is 21.8. The Morgan fingerprint density at radius 2 is 1.62 bits per heavy atom. The van der Waals surface area contributed by atoms with Crippen molar-refractivity contribution in [1.82, 2.24) is 9.80 Å². The van der Waals surface area contributed by atoms with Gasteiger partial charge in [-0.25, -0.2) is 0 Å². The lowest BCUT2D eigenvalue weighted by Crippen LogP contribution is -2.39. The highest BCUT2D eigenvalue weighted by molar-refractivity contribution is 6.31. The van der Waals surface area contributed by atoms with Crippen molar-refractivity contribution >= 4 is 29.1 Å². The predicted octanol–water partition coefficient (Wildman–Crippen LogP) is 6.11. The third kappa shape index (κ3) is 7.84. The molecule has 0 N–H and O–H groups in total. The first kappa shape index (κ1) is 29.9. The first-order valence-corrected chi connectivity index (χ1v) is 15.4.